The molecule has 2 nitrogen and oxygen atoms in total. The molecular weight excluding hydrogens is 388 g/mol. The van der Waals surface area contributed by atoms with Gasteiger partial charge in [-0.05, 0) is 34.4 Å². The van der Waals surface area contributed by atoms with Crippen LogP contribution in [0.1, 0.15) is 49.9 Å². The fraction of sp³-hybridized carbons (Fsp3) is 0.200. The number of nitrogens with zero attached hydrogens (tertiary/aromatic N) is 2. The van der Waals surface area contributed by atoms with E-state index < -0.39 is 0 Å². The highest BCUT2D eigenvalue weighted by atomic mass is 14.3. The first-order chi connectivity index (χ1) is 15.2. The fourth-order valence-electron chi connectivity index (χ4n) is 3.36. The lowest BCUT2D eigenvalue weighted by atomic mass is 9.93. The standard InChI is InChI=1S/C30H28N2/c1-29(2)15-5-7-23(13-17-29)9-11-25-19-28(22-32)26(20-27(25)21-31)12-10-24-8-6-16-30(3,4)18-14-24/h5-20H,1-4H3/b11-9+,12-10+. The van der Waals surface area contributed by atoms with Gasteiger partial charge in [0.25, 0.3) is 0 Å². The van der Waals surface area contributed by atoms with Crippen molar-refractivity contribution < 1.29 is 0 Å². The molecule has 0 N–H and O–H groups in total. The van der Waals surface area contributed by atoms with E-state index in [0.29, 0.717) is 11.1 Å². The fourth-order valence-corrected chi connectivity index (χ4v) is 3.36. The van der Waals surface area contributed by atoms with Crippen LogP contribution in [0.5, 0.6) is 0 Å². The summed E-state index contributed by atoms with van der Waals surface area (Å²) in [5.41, 5.74) is 4.67. The molecule has 0 aliphatic heterocycles. The number of allylic oxidation sites excluding steroid dienone is 14. The Labute approximate surface area is 191 Å². The van der Waals surface area contributed by atoms with E-state index in [9.17, 15) is 10.5 Å². The Balaban J connectivity index is 1.89. The average molecular weight is 417 g/mol. The zero-order chi connectivity index (χ0) is 23.2. The van der Waals surface area contributed by atoms with Crippen LogP contribution in [0.4, 0.5) is 0 Å². The third-order valence-electron chi connectivity index (χ3n) is 5.41. The van der Waals surface area contributed by atoms with Crippen LogP contribution in [0.25, 0.3) is 12.2 Å². The van der Waals surface area contributed by atoms with Gasteiger partial charge in [-0.25, -0.2) is 0 Å². The zero-order valence-corrected chi connectivity index (χ0v) is 19.1. The second-order valence-electron chi connectivity index (χ2n) is 9.28. The molecule has 0 fully saturated rings. The second-order valence-corrected chi connectivity index (χ2v) is 9.28. The lowest BCUT2D eigenvalue weighted by molar-refractivity contribution is 0.627. The van der Waals surface area contributed by atoms with Gasteiger partial charge < -0.3 is 0 Å². The van der Waals surface area contributed by atoms with Crippen molar-refractivity contribution >= 4 is 12.2 Å². The molecule has 2 aliphatic rings. The summed E-state index contributed by atoms with van der Waals surface area (Å²) in [6, 6.07) is 8.12. The Hall–Kier alpha value is -3.88. The normalized spacial score (nSPS) is 18.7. The van der Waals surface area contributed by atoms with E-state index in [1.54, 1.807) is 12.1 Å². The summed E-state index contributed by atoms with van der Waals surface area (Å²) in [5, 5.41) is 19.4. The highest BCUT2D eigenvalue weighted by molar-refractivity contribution is 5.70. The van der Waals surface area contributed by atoms with Crippen molar-refractivity contribution in [2.24, 2.45) is 10.8 Å². The molecule has 32 heavy (non-hydrogen) atoms. The van der Waals surface area contributed by atoms with E-state index in [-0.39, 0.29) is 10.8 Å². The molecule has 3 rings (SSSR count). The molecule has 0 saturated carbocycles. The molecule has 158 valence electrons. The van der Waals surface area contributed by atoms with Crippen LogP contribution in [0, 0.1) is 33.5 Å². The molecule has 0 spiro atoms. The molecule has 0 unspecified atom stereocenters. The van der Waals surface area contributed by atoms with Gasteiger partial charge in [-0.1, -0.05) is 113 Å². The van der Waals surface area contributed by atoms with E-state index in [1.165, 1.54) is 0 Å². The third kappa shape index (κ3) is 6.07. The van der Waals surface area contributed by atoms with Gasteiger partial charge in [0, 0.05) is 10.8 Å². The molecular formula is C30H28N2. The SMILES string of the molecule is CC1(C)C=CC=C(/C=C/c2cc(C#N)c(/C=C/C3=CC=CC(C)(C)C=C3)cc2C#N)C=C1. The first-order valence-electron chi connectivity index (χ1n) is 10.7. The van der Waals surface area contributed by atoms with Gasteiger partial charge in [0.15, 0.2) is 0 Å². The van der Waals surface area contributed by atoms with E-state index in [4.69, 9.17) is 0 Å². The summed E-state index contributed by atoms with van der Waals surface area (Å²) in [7, 11) is 0. The molecule has 0 heterocycles. The Bertz CT molecular complexity index is 1120. The molecule has 0 aromatic heterocycles. The molecule has 0 bridgehead atoms. The summed E-state index contributed by atoms with van der Waals surface area (Å²) in [6.45, 7) is 8.60. The number of benzene rings is 1. The van der Waals surface area contributed by atoms with Crippen molar-refractivity contribution in [2.45, 2.75) is 27.7 Å². The van der Waals surface area contributed by atoms with Crippen molar-refractivity contribution in [1.29, 1.82) is 10.5 Å². The minimum Gasteiger partial charge on any atom is -0.192 e. The number of rotatable bonds is 4. The van der Waals surface area contributed by atoms with Gasteiger partial charge in [0.05, 0.1) is 23.3 Å². The predicted molar refractivity (Wildman–Crippen MR) is 134 cm³/mol. The molecule has 0 saturated heterocycles. The summed E-state index contributed by atoms with van der Waals surface area (Å²) < 4.78 is 0. The molecule has 0 radical (unpaired) electrons. The van der Waals surface area contributed by atoms with E-state index in [2.05, 4.69) is 76.3 Å². The summed E-state index contributed by atoms with van der Waals surface area (Å²) in [4.78, 5) is 0. The van der Waals surface area contributed by atoms with Crippen LogP contribution in [-0.4, -0.2) is 0 Å². The molecule has 2 aliphatic carbocycles. The van der Waals surface area contributed by atoms with Gasteiger partial charge >= 0.3 is 0 Å². The number of hydrogen-bond donors (Lipinski definition) is 0. The Kier molecular flexibility index (Phi) is 6.77. The van der Waals surface area contributed by atoms with Crippen molar-refractivity contribution in [2.75, 3.05) is 0 Å². The van der Waals surface area contributed by atoms with E-state index >= 15 is 0 Å². The van der Waals surface area contributed by atoms with Crippen molar-refractivity contribution in [3.63, 3.8) is 0 Å². The summed E-state index contributed by atoms with van der Waals surface area (Å²) >= 11 is 0. The van der Waals surface area contributed by atoms with E-state index in [1.807, 2.05) is 48.6 Å². The van der Waals surface area contributed by atoms with Gasteiger partial charge in [0.1, 0.15) is 0 Å². The predicted octanol–water partition coefficient (Wildman–Crippen LogP) is 7.61. The monoisotopic (exact) mass is 416 g/mol. The Morgan fingerprint density at radius 2 is 1.03 bits per heavy atom. The third-order valence-corrected chi connectivity index (χ3v) is 5.41. The average Bonchev–Trinajstić information content (AvgIpc) is 3.04. The first-order valence-corrected chi connectivity index (χ1v) is 10.7. The second kappa shape index (κ2) is 9.51. The van der Waals surface area contributed by atoms with E-state index in [0.717, 1.165) is 22.3 Å². The van der Waals surface area contributed by atoms with Crippen LogP contribution >= 0.6 is 0 Å². The highest BCUT2D eigenvalue weighted by Crippen LogP contribution is 2.26. The zero-order valence-electron chi connectivity index (χ0n) is 19.1. The van der Waals surface area contributed by atoms with Crippen LogP contribution < -0.4 is 0 Å². The van der Waals surface area contributed by atoms with Gasteiger partial charge in [-0.2, -0.15) is 10.5 Å². The van der Waals surface area contributed by atoms with Crippen LogP contribution in [0.2, 0.25) is 0 Å². The Morgan fingerprint density at radius 3 is 1.41 bits per heavy atom. The van der Waals surface area contributed by atoms with Crippen LogP contribution in [0.3, 0.4) is 0 Å². The van der Waals surface area contributed by atoms with Gasteiger partial charge in [0.2, 0.25) is 0 Å². The van der Waals surface area contributed by atoms with Gasteiger partial charge in [-0.3, -0.25) is 0 Å². The summed E-state index contributed by atoms with van der Waals surface area (Å²) in [6.07, 6.45) is 28.7. The molecule has 2 heteroatoms. The van der Waals surface area contributed by atoms with Crippen LogP contribution in [0.15, 0.2) is 96.2 Å². The maximum absolute atomic E-state index is 9.71. The smallest absolute Gasteiger partial charge is 0.0998 e. The maximum atomic E-state index is 9.71. The number of nitriles is 2. The Morgan fingerprint density at radius 1 is 0.625 bits per heavy atom. The summed E-state index contributed by atoms with van der Waals surface area (Å²) in [5.74, 6) is 0. The first kappa shape index (κ1) is 22.8. The minimum atomic E-state index is 0.0133. The van der Waals surface area contributed by atoms with Gasteiger partial charge in [-0.15, -0.1) is 0 Å². The topological polar surface area (TPSA) is 47.6 Å². The van der Waals surface area contributed by atoms with Crippen molar-refractivity contribution in [1.82, 2.24) is 0 Å². The lowest BCUT2D eigenvalue weighted by Gasteiger charge is -2.12. The largest absolute Gasteiger partial charge is 0.192 e. The van der Waals surface area contributed by atoms with Crippen LogP contribution in [-0.2, 0) is 0 Å². The van der Waals surface area contributed by atoms with Crippen molar-refractivity contribution in [3.05, 3.63) is 118 Å². The molecule has 1 aromatic carbocycles. The molecule has 1 aromatic rings. The quantitative estimate of drug-likeness (QED) is 0.507. The maximum Gasteiger partial charge on any atom is 0.0998 e. The molecule has 0 atom stereocenters. The van der Waals surface area contributed by atoms with Crippen molar-refractivity contribution in [3.8, 4) is 12.1 Å². The highest BCUT2D eigenvalue weighted by Gasteiger charge is 2.11. The minimum absolute atomic E-state index is 0.0133. The number of hydrogen-bond acceptors (Lipinski definition) is 2. The molecule has 0 amide bonds. The lowest BCUT2D eigenvalue weighted by Crippen LogP contribution is -2.00.